The molecule has 2 aromatic carbocycles. The molecule has 182 valence electrons. The highest BCUT2D eigenvalue weighted by Gasteiger charge is 2.60. The molecule has 3 aliphatic rings. The van der Waals surface area contributed by atoms with E-state index in [9.17, 15) is 14.7 Å². The van der Waals surface area contributed by atoms with Crippen LogP contribution in [0.4, 0.5) is 4.79 Å². The second-order valence-electron chi connectivity index (χ2n) is 9.94. The SMILES string of the molecule is CCOc1ccc2[nH]c3c(c2c1)CC1(C)C(=O)N(CCNC2CC2)C(=O)N1C3c1cccc(O)c1. The van der Waals surface area contributed by atoms with Crippen molar-refractivity contribution in [3.63, 3.8) is 0 Å². The number of carbonyl (C=O) groups is 2. The number of aromatic amines is 1. The van der Waals surface area contributed by atoms with Crippen LogP contribution in [0, 0.1) is 0 Å². The minimum absolute atomic E-state index is 0.120. The van der Waals surface area contributed by atoms with Crippen LogP contribution in [-0.4, -0.2) is 63.1 Å². The van der Waals surface area contributed by atoms with E-state index in [0.717, 1.165) is 46.3 Å². The smallest absolute Gasteiger partial charge is 0.328 e. The summed E-state index contributed by atoms with van der Waals surface area (Å²) in [5.41, 5.74) is 2.53. The molecule has 0 spiro atoms. The predicted molar refractivity (Wildman–Crippen MR) is 131 cm³/mol. The Morgan fingerprint density at radius 2 is 2.03 bits per heavy atom. The Morgan fingerprint density at radius 3 is 2.77 bits per heavy atom. The molecule has 3 amide bonds. The third-order valence-electron chi connectivity index (χ3n) is 7.48. The zero-order valence-electron chi connectivity index (χ0n) is 20.0. The lowest BCUT2D eigenvalue weighted by molar-refractivity contribution is -0.133. The van der Waals surface area contributed by atoms with Gasteiger partial charge in [-0.3, -0.25) is 14.6 Å². The molecule has 2 fully saturated rings. The van der Waals surface area contributed by atoms with Gasteiger partial charge in [0.1, 0.15) is 23.1 Å². The Bertz CT molecular complexity index is 1330. The van der Waals surface area contributed by atoms with Gasteiger partial charge < -0.3 is 20.1 Å². The molecule has 1 aromatic heterocycles. The number of hydrogen-bond acceptors (Lipinski definition) is 5. The lowest BCUT2D eigenvalue weighted by Gasteiger charge is -2.42. The Balaban J connectivity index is 1.48. The molecule has 2 atom stereocenters. The van der Waals surface area contributed by atoms with E-state index in [1.807, 2.05) is 38.1 Å². The Morgan fingerprint density at radius 1 is 1.20 bits per heavy atom. The third kappa shape index (κ3) is 3.46. The van der Waals surface area contributed by atoms with Crippen LogP contribution in [0.25, 0.3) is 10.9 Å². The first-order valence-electron chi connectivity index (χ1n) is 12.4. The van der Waals surface area contributed by atoms with E-state index in [0.29, 0.717) is 32.2 Å². The van der Waals surface area contributed by atoms with Crippen LogP contribution >= 0.6 is 0 Å². The first-order valence-corrected chi connectivity index (χ1v) is 12.4. The first kappa shape index (κ1) is 22.0. The number of rotatable bonds is 7. The van der Waals surface area contributed by atoms with Gasteiger partial charge in [0.05, 0.1) is 6.61 Å². The van der Waals surface area contributed by atoms with Gasteiger partial charge in [0.15, 0.2) is 0 Å². The van der Waals surface area contributed by atoms with Gasteiger partial charge in [-0.2, -0.15) is 0 Å². The predicted octanol–water partition coefficient (Wildman–Crippen LogP) is 3.69. The molecule has 3 N–H and O–H groups in total. The van der Waals surface area contributed by atoms with E-state index in [1.54, 1.807) is 23.1 Å². The second kappa shape index (κ2) is 8.02. The average molecular weight is 475 g/mol. The molecular weight excluding hydrogens is 444 g/mol. The molecular formula is C27H30N4O4. The number of urea groups is 1. The lowest BCUT2D eigenvalue weighted by atomic mass is 9.81. The molecule has 3 aromatic rings. The van der Waals surface area contributed by atoms with Crippen molar-refractivity contribution in [3.8, 4) is 11.5 Å². The summed E-state index contributed by atoms with van der Waals surface area (Å²) in [6, 6.07) is 12.5. The minimum atomic E-state index is -1.03. The number of benzene rings is 2. The fourth-order valence-corrected chi connectivity index (χ4v) is 5.65. The molecule has 1 aliphatic carbocycles. The molecule has 2 aliphatic heterocycles. The number of aromatic hydroxyl groups is 1. The number of nitrogens with zero attached hydrogens (tertiary/aromatic N) is 2. The fraction of sp³-hybridized carbons (Fsp3) is 0.407. The number of imide groups is 1. The normalized spacial score (nSPS) is 23.7. The van der Waals surface area contributed by atoms with Crippen molar-refractivity contribution < 1.29 is 19.4 Å². The first-order chi connectivity index (χ1) is 16.9. The van der Waals surface area contributed by atoms with Crippen molar-refractivity contribution >= 4 is 22.8 Å². The number of ether oxygens (including phenoxy) is 1. The van der Waals surface area contributed by atoms with Crippen molar-refractivity contribution in [1.29, 1.82) is 0 Å². The van der Waals surface area contributed by atoms with Crippen molar-refractivity contribution in [2.45, 2.75) is 50.7 Å². The summed E-state index contributed by atoms with van der Waals surface area (Å²) in [6.45, 7) is 5.31. The Labute approximate surface area is 203 Å². The molecule has 8 heteroatoms. The van der Waals surface area contributed by atoms with Gasteiger partial charge in [-0.15, -0.1) is 0 Å². The highest BCUT2D eigenvalue weighted by molar-refractivity contribution is 6.08. The maximum Gasteiger partial charge on any atom is 0.328 e. The Hall–Kier alpha value is -3.52. The summed E-state index contributed by atoms with van der Waals surface area (Å²) >= 11 is 0. The monoisotopic (exact) mass is 474 g/mol. The van der Waals surface area contributed by atoms with Gasteiger partial charge in [0.25, 0.3) is 5.91 Å². The van der Waals surface area contributed by atoms with Gasteiger partial charge in [-0.05, 0) is 68.1 Å². The fourth-order valence-electron chi connectivity index (χ4n) is 5.65. The van der Waals surface area contributed by atoms with E-state index in [2.05, 4.69) is 10.3 Å². The number of aromatic nitrogens is 1. The molecule has 0 bridgehead atoms. The molecule has 3 heterocycles. The van der Waals surface area contributed by atoms with Crippen molar-refractivity contribution in [1.82, 2.24) is 20.1 Å². The maximum absolute atomic E-state index is 13.8. The summed E-state index contributed by atoms with van der Waals surface area (Å²) in [7, 11) is 0. The number of H-pyrrole nitrogens is 1. The minimum Gasteiger partial charge on any atom is -0.508 e. The molecule has 1 saturated carbocycles. The van der Waals surface area contributed by atoms with Crippen LogP contribution in [0.1, 0.15) is 49.6 Å². The van der Waals surface area contributed by atoms with Crippen LogP contribution in [0.5, 0.6) is 11.5 Å². The molecule has 8 nitrogen and oxygen atoms in total. The zero-order valence-corrected chi connectivity index (χ0v) is 20.0. The Kier molecular flexibility index (Phi) is 5.03. The average Bonchev–Trinajstić information content (AvgIpc) is 3.57. The number of nitrogens with one attached hydrogen (secondary N) is 2. The van der Waals surface area contributed by atoms with Gasteiger partial charge in [0, 0.05) is 42.1 Å². The summed E-state index contributed by atoms with van der Waals surface area (Å²) in [5, 5.41) is 14.7. The number of hydrogen-bond donors (Lipinski definition) is 3. The maximum atomic E-state index is 13.8. The summed E-state index contributed by atoms with van der Waals surface area (Å²) in [4.78, 5) is 34.2. The molecule has 0 radical (unpaired) electrons. The quantitative estimate of drug-likeness (QED) is 0.454. The number of phenolic OH excluding ortho intramolecular Hbond substituents is 1. The molecule has 35 heavy (non-hydrogen) atoms. The van der Waals surface area contributed by atoms with Gasteiger partial charge in [-0.1, -0.05) is 12.1 Å². The van der Waals surface area contributed by atoms with Gasteiger partial charge in [0.2, 0.25) is 0 Å². The van der Waals surface area contributed by atoms with Crippen LogP contribution < -0.4 is 10.1 Å². The van der Waals surface area contributed by atoms with Gasteiger partial charge in [-0.25, -0.2) is 4.79 Å². The molecule has 1 saturated heterocycles. The van der Waals surface area contributed by atoms with E-state index in [1.165, 1.54) is 4.90 Å². The van der Waals surface area contributed by atoms with E-state index in [4.69, 9.17) is 4.74 Å². The van der Waals surface area contributed by atoms with Gasteiger partial charge >= 0.3 is 6.03 Å². The second-order valence-corrected chi connectivity index (χ2v) is 9.94. The lowest BCUT2D eigenvalue weighted by Crippen LogP contribution is -2.53. The zero-order chi connectivity index (χ0) is 24.3. The number of amides is 3. The standard InChI is InChI=1S/C27H30N4O4/c1-3-35-19-9-10-22-20(14-19)21-15-27(2)25(33)30(12-11-28-17-7-8-17)26(34)31(27)24(23(21)29-22)16-5-4-6-18(32)13-16/h4-6,9-10,13-14,17,24,28-29,32H,3,7-8,11-12,15H2,1-2H3. The van der Waals surface area contributed by atoms with E-state index in [-0.39, 0.29) is 17.7 Å². The van der Waals surface area contributed by atoms with Crippen molar-refractivity contribution in [2.24, 2.45) is 0 Å². The molecule has 6 rings (SSSR count). The van der Waals surface area contributed by atoms with Crippen LogP contribution in [0.3, 0.4) is 0 Å². The summed E-state index contributed by atoms with van der Waals surface area (Å²) in [6.07, 6.45) is 2.71. The van der Waals surface area contributed by atoms with Crippen LogP contribution in [0.2, 0.25) is 0 Å². The van der Waals surface area contributed by atoms with Crippen molar-refractivity contribution in [3.05, 3.63) is 59.3 Å². The highest BCUT2D eigenvalue weighted by Crippen LogP contribution is 2.49. The highest BCUT2D eigenvalue weighted by atomic mass is 16.5. The largest absolute Gasteiger partial charge is 0.508 e. The van der Waals surface area contributed by atoms with Crippen molar-refractivity contribution in [2.75, 3.05) is 19.7 Å². The molecule has 2 unspecified atom stereocenters. The topological polar surface area (TPSA) is 97.9 Å². The number of carbonyl (C=O) groups excluding carboxylic acids is 2. The third-order valence-corrected chi connectivity index (χ3v) is 7.48. The van der Waals surface area contributed by atoms with Crippen LogP contribution in [0.15, 0.2) is 42.5 Å². The summed E-state index contributed by atoms with van der Waals surface area (Å²) in [5.74, 6) is 0.714. The van der Waals surface area contributed by atoms with E-state index < -0.39 is 11.6 Å². The number of fused-ring (bicyclic) bond motifs is 4. The van der Waals surface area contributed by atoms with Crippen LogP contribution in [-0.2, 0) is 11.2 Å². The summed E-state index contributed by atoms with van der Waals surface area (Å²) < 4.78 is 5.74. The number of phenols is 1. The van der Waals surface area contributed by atoms with E-state index >= 15 is 0 Å².